The van der Waals surface area contributed by atoms with E-state index in [1.54, 1.807) is 35.8 Å². The molecule has 0 bridgehead atoms. The molecule has 1 N–H and O–H groups in total. The molecule has 4 rings (SSSR count). The summed E-state index contributed by atoms with van der Waals surface area (Å²) in [6, 6.07) is 17.1. The number of non-ortho nitro benzene ring substituents is 1. The van der Waals surface area contributed by atoms with E-state index in [-0.39, 0.29) is 22.9 Å². The molecule has 0 saturated heterocycles. The second kappa shape index (κ2) is 9.48. The summed E-state index contributed by atoms with van der Waals surface area (Å²) in [6.45, 7) is 5.67. The van der Waals surface area contributed by atoms with Crippen molar-refractivity contribution < 1.29 is 9.72 Å². The van der Waals surface area contributed by atoms with Gasteiger partial charge in [-0.2, -0.15) is 0 Å². The van der Waals surface area contributed by atoms with Crippen molar-refractivity contribution in [3.05, 3.63) is 97.8 Å². The number of para-hydroxylation sites is 1. The van der Waals surface area contributed by atoms with E-state index >= 15 is 0 Å². The number of benzene rings is 3. The van der Waals surface area contributed by atoms with Crippen molar-refractivity contribution in [1.29, 1.82) is 0 Å². The molecule has 9 heteroatoms. The van der Waals surface area contributed by atoms with Gasteiger partial charge in [-0.05, 0) is 55.7 Å². The number of amides is 1. The summed E-state index contributed by atoms with van der Waals surface area (Å²) in [4.78, 5) is 41.4. The monoisotopic (exact) mass is 474 g/mol. The molecule has 0 saturated carbocycles. The maximum absolute atomic E-state index is 13.4. The first kappa shape index (κ1) is 23.2. The molecule has 34 heavy (non-hydrogen) atoms. The van der Waals surface area contributed by atoms with Crippen molar-refractivity contribution in [3.63, 3.8) is 0 Å². The van der Waals surface area contributed by atoms with Gasteiger partial charge < -0.3 is 5.32 Å². The number of aromatic nitrogens is 2. The Morgan fingerprint density at radius 1 is 1.06 bits per heavy atom. The van der Waals surface area contributed by atoms with Crippen molar-refractivity contribution in [1.82, 2.24) is 9.55 Å². The van der Waals surface area contributed by atoms with E-state index in [9.17, 15) is 19.7 Å². The van der Waals surface area contributed by atoms with Gasteiger partial charge in [-0.25, -0.2) is 4.98 Å². The van der Waals surface area contributed by atoms with Crippen LogP contribution in [0.3, 0.4) is 0 Å². The highest BCUT2D eigenvalue weighted by Crippen LogP contribution is 2.26. The van der Waals surface area contributed by atoms with E-state index in [4.69, 9.17) is 0 Å². The molecular weight excluding hydrogens is 452 g/mol. The molecule has 3 aromatic carbocycles. The standard InChI is InChI=1S/C25H22N4O4S/c1-15-7-6-10-22(17(15)3)28-24(31)19-8-4-5-9-20(19)27-25(28)34-14-23(30)26-21-13-18(29(32)33)12-11-16(21)2/h4-13H,14H2,1-3H3,(H,26,30). The lowest BCUT2D eigenvalue weighted by atomic mass is 10.1. The lowest BCUT2D eigenvalue weighted by molar-refractivity contribution is -0.384. The van der Waals surface area contributed by atoms with Crippen LogP contribution in [0.1, 0.15) is 16.7 Å². The van der Waals surface area contributed by atoms with Crippen LogP contribution in [-0.4, -0.2) is 26.1 Å². The number of carbonyl (C=O) groups excluding carboxylic acids is 1. The van der Waals surface area contributed by atoms with E-state index in [1.165, 1.54) is 12.1 Å². The summed E-state index contributed by atoms with van der Waals surface area (Å²) in [5.41, 5.74) is 4.00. The number of aryl methyl sites for hydroxylation is 2. The molecule has 0 fully saturated rings. The Kier molecular flexibility index (Phi) is 6.47. The first-order valence-corrected chi connectivity index (χ1v) is 11.5. The Balaban J connectivity index is 1.69. The molecule has 4 aromatic rings. The molecule has 0 aliphatic rings. The summed E-state index contributed by atoms with van der Waals surface area (Å²) < 4.78 is 1.54. The highest BCUT2D eigenvalue weighted by Gasteiger charge is 2.17. The zero-order chi connectivity index (χ0) is 24.4. The molecule has 0 aliphatic carbocycles. The minimum atomic E-state index is -0.508. The van der Waals surface area contributed by atoms with Gasteiger partial charge in [0.25, 0.3) is 11.2 Å². The average Bonchev–Trinajstić information content (AvgIpc) is 2.81. The second-order valence-corrected chi connectivity index (χ2v) is 8.81. The highest BCUT2D eigenvalue weighted by molar-refractivity contribution is 7.99. The molecular formula is C25H22N4O4S. The van der Waals surface area contributed by atoms with Gasteiger partial charge in [0, 0.05) is 12.1 Å². The molecule has 0 radical (unpaired) electrons. The van der Waals surface area contributed by atoms with Crippen molar-refractivity contribution in [2.24, 2.45) is 0 Å². The van der Waals surface area contributed by atoms with Gasteiger partial charge >= 0.3 is 0 Å². The molecule has 8 nitrogen and oxygen atoms in total. The largest absolute Gasteiger partial charge is 0.325 e. The summed E-state index contributed by atoms with van der Waals surface area (Å²) in [7, 11) is 0. The fourth-order valence-corrected chi connectivity index (χ4v) is 4.38. The van der Waals surface area contributed by atoms with E-state index < -0.39 is 4.92 Å². The number of fused-ring (bicyclic) bond motifs is 1. The fraction of sp³-hybridized carbons (Fsp3) is 0.160. The molecule has 1 aromatic heterocycles. The Morgan fingerprint density at radius 2 is 1.82 bits per heavy atom. The van der Waals surface area contributed by atoms with Crippen LogP contribution in [0.5, 0.6) is 0 Å². The van der Waals surface area contributed by atoms with Gasteiger partial charge in [0.05, 0.1) is 33.0 Å². The number of carbonyl (C=O) groups is 1. The number of hydrogen-bond acceptors (Lipinski definition) is 6. The van der Waals surface area contributed by atoms with Crippen LogP contribution in [0, 0.1) is 30.9 Å². The minimum absolute atomic E-state index is 0.0300. The van der Waals surface area contributed by atoms with Crippen LogP contribution in [0.4, 0.5) is 11.4 Å². The van der Waals surface area contributed by atoms with Gasteiger partial charge in [-0.15, -0.1) is 0 Å². The third-order valence-electron chi connectivity index (χ3n) is 5.60. The predicted molar refractivity (Wildman–Crippen MR) is 134 cm³/mol. The van der Waals surface area contributed by atoms with Gasteiger partial charge in [0.15, 0.2) is 5.16 Å². The lowest BCUT2D eigenvalue weighted by Gasteiger charge is -2.16. The molecule has 172 valence electrons. The SMILES string of the molecule is Cc1ccc([N+](=O)[O-])cc1NC(=O)CSc1nc2ccccc2c(=O)n1-c1cccc(C)c1C. The Hall–Kier alpha value is -3.98. The summed E-state index contributed by atoms with van der Waals surface area (Å²) >= 11 is 1.14. The van der Waals surface area contributed by atoms with E-state index in [1.807, 2.05) is 38.1 Å². The third kappa shape index (κ3) is 4.55. The number of nitrogens with zero attached hydrogens (tertiary/aromatic N) is 3. The first-order chi connectivity index (χ1) is 16.3. The Bertz CT molecular complexity index is 1500. The number of hydrogen-bond donors (Lipinski definition) is 1. The zero-order valence-corrected chi connectivity index (χ0v) is 19.7. The van der Waals surface area contributed by atoms with Crippen LogP contribution in [0.15, 0.2) is 70.6 Å². The number of nitrogens with one attached hydrogen (secondary N) is 1. The maximum atomic E-state index is 13.4. The lowest BCUT2D eigenvalue weighted by Crippen LogP contribution is -2.23. The Labute approximate surface area is 199 Å². The zero-order valence-electron chi connectivity index (χ0n) is 18.9. The van der Waals surface area contributed by atoms with Crippen molar-refractivity contribution in [2.45, 2.75) is 25.9 Å². The predicted octanol–water partition coefficient (Wildman–Crippen LogP) is 4.95. The van der Waals surface area contributed by atoms with E-state index in [2.05, 4.69) is 10.3 Å². The number of thioether (sulfide) groups is 1. The molecule has 0 unspecified atom stereocenters. The number of rotatable bonds is 6. The quantitative estimate of drug-likeness (QED) is 0.183. The van der Waals surface area contributed by atoms with Gasteiger partial charge in [-0.3, -0.25) is 24.3 Å². The number of nitro benzene ring substituents is 1. The summed E-state index contributed by atoms with van der Waals surface area (Å²) in [5, 5.41) is 14.7. The number of anilines is 1. The summed E-state index contributed by atoms with van der Waals surface area (Å²) in [5.74, 6) is -0.388. The topological polar surface area (TPSA) is 107 Å². The molecule has 0 atom stereocenters. The molecule has 0 spiro atoms. The van der Waals surface area contributed by atoms with Gasteiger partial charge in [0.1, 0.15) is 0 Å². The van der Waals surface area contributed by atoms with Crippen LogP contribution >= 0.6 is 11.8 Å². The van der Waals surface area contributed by atoms with E-state index in [0.717, 1.165) is 22.9 Å². The smallest absolute Gasteiger partial charge is 0.271 e. The van der Waals surface area contributed by atoms with Crippen molar-refractivity contribution in [2.75, 3.05) is 11.1 Å². The average molecular weight is 475 g/mol. The molecule has 1 amide bonds. The summed E-state index contributed by atoms with van der Waals surface area (Å²) in [6.07, 6.45) is 0. The van der Waals surface area contributed by atoms with E-state index in [0.29, 0.717) is 33.0 Å². The van der Waals surface area contributed by atoms with Crippen LogP contribution in [-0.2, 0) is 4.79 Å². The van der Waals surface area contributed by atoms with Crippen LogP contribution < -0.4 is 10.9 Å². The van der Waals surface area contributed by atoms with Gasteiger partial charge in [-0.1, -0.05) is 42.1 Å². The van der Waals surface area contributed by atoms with Crippen LogP contribution in [0.2, 0.25) is 0 Å². The first-order valence-electron chi connectivity index (χ1n) is 10.5. The highest BCUT2D eigenvalue weighted by atomic mass is 32.2. The normalized spacial score (nSPS) is 10.9. The van der Waals surface area contributed by atoms with Crippen molar-refractivity contribution >= 4 is 39.9 Å². The Morgan fingerprint density at radius 3 is 2.59 bits per heavy atom. The second-order valence-electron chi connectivity index (χ2n) is 7.86. The molecule has 0 aliphatic heterocycles. The molecule has 1 heterocycles. The van der Waals surface area contributed by atoms with Crippen LogP contribution in [0.25, 0.3) is 16.6 Å². The van der Waals surface area contributed by atoms with Gasteiger partial charge in [0.2, 0.25) is 5.91 Å². The minimum Gasteiger partial charge on any atom is -0.325 e. The maximum Gasteiger partial charge on any atom is 0.271 e. The third-order valence-corrected chi connectivity index (χ3v) is 6.54. The number of nitro groups is 1. The fourth-order valence-electron chi connectivity index (χ4n) is 3.57. The van der Waals surface area contributed by atoms with Crippen molar-refractivity contribution in [3.8, 4) is 5.69 Å².